The highest BCUT2D eigenvalue weighted by molar-refractivity contribution is 6.30. The van der Waals surface area contributed by atoms with Crippen LogP contribution in [0.25, 0.3) is 0 Å². The van der Waals surface area contributed by atoms with Crippen LogP contribution in [0.15, 0.2) is 18.2 Å². The summed E-state index contributed by atoms with van der Waals surface area (Å²) in [6, 6.07) is 4.14. The molecule has 2 aromatic rings. The van der Waals surface area contributed by atoms with E-state index in [1.807, 2.05) is 0 Å². The minimum atomic E-state index is -0.658. The van der Waals surface area contributed by atoms with Gasteiger partial charge in [0.05, 0.1) is 12.2 Å². The molecule has 1 aromatic carbocycles. The molecule has 0 spiro atoms. The highest BCUT2D eigenvalue weighted by Gasteiger charge is 2.08. The van der Waals surface area contributed by atoms with Gasteiger partial charge >= 0.3 is 0 Å². The van der Waals surface area contributed by atoms with Gasteiger partial charge in [0.15, 0.2) is 16.7 Å². The molecule has 0 aliphatic rings. The van der Waals surface area contributed by atoms with Gasteiger partial charge in [-0.2, -0.15) is 0 Å². The molecule has 0 saturated heterocycles. The first-order valence-electron chi connectivity index (χ1n) is 6.55. The van der Waals surface area contributed by atoms with Gasteiger partial charge in [-0.15, -0.1) is 0 Å². The molecule has 0 radical (unpaired) electrons. The van der Waals surface area contributed by atoms with Crippen molar-refractivity contribution in [2.24, 2.45) is 0 Å². The number of phenolic OH excluding ortho intramolecular Hbond substituents is 1. The summed E-state index contributed by atoms with van der Waals surface area (Å²) in [7, 11) is 0. The van der Waals surface area contributed by atoms with Crippen LogP contribution in [0.1, 0.15) is 31.3 Å². The minimum Gasteiger partial charge on any atom is -0.505 e. The highest BCUT2D eigenvalue weighted by Crippen LogP contribution is 2.21. The van der Waals surface area contributed by atoms with Crippen molar-refractivity contribution < 1.29 is 9.50 Å². The Labute approximate surface area is 122 Å². The fraction of sp³-hybridized carbons (Fsp3) is 0.357. The van der Waals surface area contributed by atoms with E-state index in [-0.39, 0.29) is 5.75 Å². The fourth-order valence-corrected chi connectivity index (χ4v) is 2.04. The van der Waals surface area contributed by atoms with Crippen LogP contribution >= 0.6 is 11.6 Å². The molecular weight excluding hydrogens is 281 g/mol. The van der Waals surface area contributed by atoms with Crippen LogP contribution in [-0.4, -0.2) is 15.1 Å². The fourth-order valence-electron chi connectivity index (χ4n) is 1.83. The van der Waals surface area contributed by atoms with E-state index in [9.17, 15) is 4.39 Å². The third kappa shape index (κ3) is 3.63. The average Bonchev–Trinajstić information content (AvgIpc) is 2.78. The van der Waals surface area contributed by atoms with Gasteiger partial charge in [-0.1, -0.05) is 24.9 Å². The van der Waals surface area contributed by atoms with Crippen LogP contribution in [0.2, 0.25) is 5.15 Å². The van der Waals surface area contributed by atoms with Gasteiger partial charge in [0.1, 0.15) is 5.82 Å². The molecule has 20 heavy (non-hydrogen) atoms. The second kappa shape index (κ2) is 6.61. The van der Waals surface area contributed by atoms with Crippen LogP contribution in [0.4, 0.5) is 10.1 Å². The largest absolute Gasteiger partial charge is 0.505 e. The molecule has 2 rings (SSSR count). The molecule has 6 heteroatoms. The number of rotatable bonds is 6. The van der Waals surface area contributed by atoms with E-state index in [0.717, 1.165) is 30.8 Å². The SMILES string of the molecule is CCCCc1nc(Cl)c(CNc2ccc(O)c(F)c2)[nH]1. The number of anilines is 1. The molecule has 0 saturated carbocycles. The molecule has 0 bridgehead atoms. The first-order valence-corrected chi connectivity index (χ1v) is 6.93. The van der Waals surface area contributed by atoms with Crippen molar-refractivity contribution >= 4 is 17.3 Å². The Kier molecular flexibility index (Phi) is 4.84. The van der Waals surface area contributed by atoms with Crippen molar-refractivity contribution in [3.63, 3.8) is 0 Å². The summed E-state index contributed by atoms with van der Waals surface area (Å²) in [5.74, 6) is -0.156. The van der Waals surface area contributed by atoms with E-state index in [0.29, 0.717) is 17.4 Å². The summed E-state index contributed by atoms with van der Waals surface area (Å²) in [5, 5.41) is 12.6. The summed E-state index contributed by atoms with van der Waals surface area (Å²) >= 11 is 6.05. The number of aromatic hydroxyl groups is 1. The molecule has 1 aromatic heterocycles. The van der Waals surface area contributed by atoms with Gasteiger partial charge < -0.3 is 15.4 Å². The maximum absolute atomic E-state index is 13.2. The number of H-pyrrole nitrogens is 1. The smallest absolute Gasteiger partial charge is 0.166 e. The lowest BCUT2D eigenvalue weighted by molar-refractivity contribution is 0.432. The molecule has 3 N–H and O–H groups in total. The summed E-state index contributed by atoms with van der Waals surface area (Å²) in [6.45, 7) is 2.54. The van der Waals surface area contributed by atoms with Crippen LogP contribution in [0.3, 0.4) is 0 Å². The Balaban J connectivity index is 1.99. The molecule has 108 valence electrons. The van der Waals surface area contributed by atoms with Crippen molar-refractivity contribution in [1.29, 1.82) is 0 Å². The second-order valence-corrected chi connectivity index (χ2v) is 4.93. The van der Waals surface area contributed by atoms with E-state index in [2.05, 4.69) is 22.2 Å². The first kappa shape index (κ1) is 14.7. The molecule has 0 atom stereocenters. The standard InChI is InChI=1S/C14H17ClFN3O/c1-2-3-4-13-18-11(14(15)19-13)8-17-9-5-6-12(20)10(16)7-9/h5-7,17,20H,2-4,8H2,1H3,(H,18,19). The molecule has 0 amide bonds. The number of nitrogens with zero attached hydrogens (tertiary/aromatic N) is 1. The molecule has 0 unspecified atom stereocenters. The maximum Gasteiger partial charge on any atom is 0.166 e. The van der Waals surface area contributed by atoms with Gasteiger partial charge in [-0.05, 0) is 18.6 Å². The Morgan fingerprint density at radius 3 is 2.95 bits per heavy atom. The Bertz CT molecular complexity index is 586. The zero-order valence-corrected chi connectivity index (χ0v) is 12.0. The zero-order valence-electron chi connectivity index (χ0n) is 11.2. The Morgan fingerprint density at radius 2 is 2.25 bits per heavy atom. The van der Waals surface area contributed by atoms with Crippen molar-refractivity contribution in [2.45, 2.75) is 32.7 Å². The Hall–Kier alpha value is -1.75. The van der Waals surface area contributed by atoms with Gasteiger partial charge in [-0.25, -0.2) is 9.37 Å². The number of aromatic amines is 1. The second-order valence-electron chi connectivity index (χ2n) is 4.58. The number of nitrogens with one attached hydrogen (secondary N) is 2. The molecule has 0 aliphatic heterocycles. The number of unbranched alkanes of at least 4 members (excludes halogenated alkanes) is 1. The lowest BCUT2D eigenvalue weighted by atomic mass is 10.2. The number of imidazole rings is 1. The Morgan fingerprint density at radius 1 is 1.45 bits per heavy atom. The first-order chi connectivity index (χ1) is 9.60. The van der Waals surface area contributed by atoms with Crippen molar-refractivity contribution in [3.8, 4) is 5.75 Å². The highest BCUT2D eigenvalue weighted by atomic mass is 35.5. The summed E-state index contributed by atoms with van der Waals surface area (Å²) in [5.41, 5.74) is 1.34. The summed E-state index contributed by atoms with van der Waals surface area (Å²) in [4.78, 5) is 7.41. The van der Waals surface area contributed by atoms with Crippen molar-refractivity contribution in [3.05, 3.63) is 40.7 Å². The van der Waals surface area contributed by atoms with E-state index < -0.39 is 5.82 Å². The molecule has 0 aliphatic carbocycles. The van der Waals surface area contributed by atoms with E-state index in [1.54, 1.807) is 6.07 Å². The minimum absolute atomic E-state index is 0.364. The number of hydrogen-bond donors (Lipinski definition) is 3. The van der Waals surface area contributed by atoms with Gasteiger partial charge in [0.25, 0.3) is 0 Å². The number of halogens is 2. The van der Waals surface area contributed by atoms with Gasteiger partial charge in [0.2, 0.25) is 0 Å². The van der Waals surface area contributed by atoms with Crippen LogP contribution in [-0.2, 0) is 13.0 Å². The van der Waals surface area contributed by atoms with E-state index in [1.165, 1.54) is 12.1 Å². The lowest BCUT2D eigenvalue weighted by Gasteiger charge is -2.06. The zero-order chi connectivity index (χ0) is 14.5. The topological polar surface area (TPSA) is 60.9 Å². The van der Waals surface area contributed by atoms with Crippen molar-refractivity contribution in [1.82, 2.24) is 9.97 Å². The lowest BCUT2D eigenvalue weighted by Crippen LogP contribution is -2.01. The number of aromatic nitrogens is 2. The molecule has 0 fully saturated rings. The quantitative estimate of drug-likeness (QED) is 0.710. The average molecular weight is 298 g/mol. The van der Waals surface area contributed by atoms with Gasteiger partial charge in [0, 0.05) is 18.2 Å². The molecule has 1 heterocycles. The number of hydrogen-bond acceptors (Lipinski definition) is 3. The third-order valence-corrected chi connectivity index (χ3v) is 3.27. The molecular formula is C14H17ClFN3O. The molecule has 4 nitrogen and oxygen atoms in total. The summed E-state index contributed by atoms with van der Waals surface area (Å²) < 4.78 is 13.2. The van der Waals surface area contributed by atoms with Gasteiger partial charge in [-0.3, -0.25) is 0 Å². The number of aryl methyl sites for hydroxylation is 1. The van der Waals surface area contributed by atoms with E-state index in [4.69, 9.17) is 16.7 Å². The van der Waals surface area contributed by atoms with Crippen LogP contribution < -0.4 is 5.32 Å². The predicted octanol–water partition coefficient (Wildman–Crippen LogP) is 3.86. The van der Waals surface area contributed by atoms with Crippen molar-refractivity contribution in [2.75, 3.05) is 5.32 Å². The third-order valence-electron chi connectivity index (χ3n) is 2.96. The normalized spacial score (nSPS) is 10.8. The number of phenols is 1. The monoisotopic (exact) mass is 297 g/mol. The van der Waals surface area contributed by atoms with Crippen LogP contribution in [0, 0.1) is 5.82 Å². The van der Waals surface area contributed by atoms with Crippen LogP contribution in [0.5, 0.6) is 5.75 Å². The maximum atomic E-state index is 13.2. The van der Waals surface area contributed by atoms with E-state index >= 15 is 0 Å². The summed E-state index contributed by atoms with van der Waals surface area (Å²) in [6.07, 6.45) is 3.02. The number of benzene rings is 1. The predicted molar refractivity (Wildman–Crippen MR) is 77.6 cm³/mol.